The molecule has 0 atom stereocenters. The molecule has 0 radical (unpaired) electrons. The zero-order chi connectivity index (χ0) is 16.8. The van der Waals surface area contributed by atoms with Crippen molar-refractivity contribution in [3.05, 3.63) is 45.9 Å². The van der Waals surface area contributed by atoms with Crippen LogP contribution in [-0.2, 0) is 17.6 Å². The standard InChI is InChI=1S/C18H23N3O2S/c1-2-14-13-24-17(20-14)7-8-19-18(22)15-5-3-4-6-16(15)21-9-11-23-12-10-21/h3-6,13H,2,7-12H2,1H3,(H,19,22). The van der Waals surface area contributed by atoms with Gasteiger partial charge in [0.2, 0.25) is 0 Å². The summed E-state index contributed by atoms with van der Waals surface area (Å²) in [6.45, 7) is 5.77. The number of para-hydroxylation sites is 1. The predicted octanol–water partition coefficient (Wildman–Crippen LogP) is 2.51. The van der Waals surface area contributed by atoms with Crippen molar-refractivity contribution in [1.29, 1.82) is 0 Å². The molecule has 1 N–H and O–H groups in total. The van der Waals surface area contributed by atoms with E-state index in [1.165, 1.54) is 0 Å². The summed E-state index contributed by atoms with van der Waals surface area (Å²) in [5, 5.41) is 6.19. The Morgan fingerprint density at radius 2 is 2.12 bits per heavy atom. The maximum atomic E-state index is 12.6. The van der Waals surface area contributed by atoms with Crippen molar-refractivity contribution in [2.24, 2.45) is 0 Å². The minimum absolute atomic E-state index is 0.0237. The number of carbonyl (C=O) groups is 1. The molecular formula is C18H23N3O2S. The summed E-state index contributed by atoms with van der Waals surface area (Å²) in [4.78, 5) is 19.3. The molecule has 5 nitrogen and oxygen atoms in total. The van der Waals surface area contributed by atoms with Crippen LogP contribution in [-0.4, -0.2) is 43.7 Å². The highest BCUT2D eigenvalue weighted by Gasteiger charge is 2.18. The van der Waals surface area contributed by atoms with Gasteiger partial charge < -0.3 is 15.0 Å². The van der Waals surface area contributed by atoms with Gasteiger partial charge in [-0.05, 0) is 18.6 Å². The largest absolute Gasteiger partial charge is 0.378 e. The monoisotopic (exact) mass is 345 g/mol. The Morgan fingerprint density at radius 3 is 2.88 bits per heavy atom. The number of hydrogen-bond donors (Lipinski definition) is 1. The number of carbonyl (C=O) groups excluding carboxylic acids is 1. The molecule has 3 rings (SSSR count). The number of anilines is 1. The average Bonchev–Trinajstić information content (AvgIpc) is 3.10. The smallest absolute Gasteiger partial charge is 0.253 e. The van der Waals surface area contributed by atoms with E-state index in [9.17, 15) is 4.79 Å². The molecule has 2 heterocycles. The molecule has 24 heavy (non-hydrogen) atoms. The number of hydrogen-bond acceptors (Lipinski definition) is 5. The Bertz CT molecular complexity index is 680. The fraction of sp³-hybridized carbons (Fsp3) is 0.444. The molecule has 128 valence electrons. The lowest BCUT2D eigenvalue weighted by atomic mass is 10.1. The number of aromatic nitrogens is 1. The summed E-state index contributed by atoms with van der Waals surface area (Å²) in [5.41, 5.74) is 2.84. The summed E-state index contributed by atoms with van der Waals surface area (Å²) in [5.74, 6) is -0.0237. The number of aryl methyl sites for hydroxylation is 1. The fourth-order valence-corrected chi connectivity index (χ4v) is 3.63. The van der Waals surface area contributed by atoms with Gasteiger partial charge >= 0.3 is 0 Å². The Labute approximate surface area is 146 Å². The number of nitrogens with one attached hydrogen (secondary N) is 1. The van der Waals surface area contributed by atoms with Crippen LogP contribution in [0.1, 0.15) is 28.0 Å². The highest BCUT2D eigenvalue weighted by atomic mass is 32.1. The van der Waals surface area contributed by atoms with Gasteiger partial charge in [0.1, 0.15) is 0 Å². The van der Waals surface area contributed by atoms with Crippen LogP contribution in [0.15, 0.2) is 29.6 Å². The third-order valence-corrected chi connectivity index (χ3v) is 5.04. The van der Waals surface area contributed by atoms with Crippen LogP contribution in [0.25, 0.3) is 0 Å². The molecule has 0 spiro atoms. The lowest BCUT2D eigenvalue weighted by Gasteiger charge is -2.30. The molecule has 1 aromatic carbocycles. The predicted molar refractivity (Wildman–Crippen MR) is 97.0 cm³/mol. The van der Waals surface area contributed by atoms with Crippen LogP contribution >= 0.6 is 11.3 Å². The van der Waals surface area contributed by atoms with Gasteiger partial charge in [0.25, 0.3) is 5.91 Å². The average molecular weight is 345 g/mol. The number of nitrogens with zero attached hydrogens (tertiary/aromatic N) is 2. The van der Waals surface area contributed by atoms with Crippen LogP contribution < -0.4 is 10.2 Å². The van der Waals surface area contributed by atoms with Gasteiger partial charge in [0.15, 0.2) is 0 Å². The lowest BCUT2D eigenvalue weighted by molar-refractivity contribution is 0.0952. The first kappa shape index (κ1) is 16.9. The zero-order valence-corrected chi connectivity index (χ0v) is 14.8. The molecule has 1 aliphatic rings. The fourth-order valence-electron chi connectivity index (χ4n) is 2.75. The maximum absolute atomic E-state index is 12.6. The minimum Gasteiger partial charge on any atom is -0.378 e. The second-order valence-electron chi connectivity index (χ2n) is 5.71. The van der Waals surface area contributed by atoms with E-state index in [1.807, 2.05) is 24.3 Å². The molecule has 1 amide bonds. The summed E-state index contributed by atoms with van der Waals surface area (Å²) in [6.07, 6.45) is 1.73. The zero-order valence-electron chi connectivity index (χ0n) is 14.0. The number of benzene rings is 1. The van der Waals surface area contributed by atoms with E-state index in [0.717, 1.165) is 47.9 Å². The lowest BCUT2D eigenvalue weighted by Crippen LogP contribution is -2.38. The topological polar surface area (TPSA) is 54.5 Å². The second kappa shape index (κ2) is 8.26. The van der Waals surface area contributed by atoms with E-state index in [0.29, 0.717) is 19.8 Å². The first-order chi connectivity index (χ1) is 11.8. The quantitative estimate of drug-likeness (QED) is 0.874. The van der Waals surface area contributed by atoms with E-state index >= 15 is 0 Å². The Hall–Kier alpha value is -1.92. The molecule has 1 saturated heterocycles. The van der Waals surface area contributed by atoms with Crippen molar-refractivity contribution in [1.82, 2.24) is 10.3 Å². The summed E-state index contributed by atoms with van der Waals surface area (Å²) < 4.78 is 5.40. The van der Waals surface area contributed by atoms with Crippen LogP contribution in [0.5, 0.6) is 0 Å². The molecule has 2 aromatic rings. The molecule has 1 fully saturated rings. The van der Waals surface area contributed by atoms with Crippen LogP contribution in [0.4, 0.5) is 5.69 Å². The Kier molecular flexibility index (Phi) is 5.82. The van der Waals surface area contributed by atoms with Crippen molar-refractivity contribution in [2.45, 2.75) is 19.8 Å². The molecule has 1 aromatic heterocycles. The van der Waals surface area contributed by atoms with Gasteiger partial charge in [-0.25, -0.2) is 4.98 Å². The Balaban J connectivity index is 1.60. The third-order valence-electron chi connectivity index (χ3n) is 4.09. The minimum atomic E-state index is -0.0237. The first-order valence-electron chi connectivity index (χ1n) is 8.41. The molecule has 1 aliphatic heterocycles. The second-order valence-corrected chi connectivity index (χ2v) is 6.65. The number of ether oxygens (including phenoxy) is 1. The van der Waals surface area contributed by atoms with E-state index in [4.69, 9.17) is 4.74 Å². The number of thiazole rings is 1. The highest BCUT2D eigenvalue weighted by molar-refractivity contribution is 7.09. The van der Waals surface area contributed by atoms with Crippen molar-refractivity contribution in [3.8, 4) is 0 Å². The van der Waals surface area contributed by atoms with E-state index < -0.39 is 0 Å². The van der Waals surface area contributed by atoms with E-state index in [1.54, 1.807) is 11.3 Å². The number of rotatable bonds is 6. The van der Waals surface area contributed by atoms with Crippen molar-refractivity contribution in [3.63, 3.8) is 0 Å². The first-order valence-corrected chi connectivity index (χ1v) is 9.29. The van der Waals surface area contributed by atoms with E-state index in [2.05, 4.69) is 27.5 Å². The number of morpholine rings is 1. The number of amides is 1. The normalized spacial score (nSPS) is 14.6. The van der Waals surface area contributed by atoms with Gasteiger partial charge in [-0.2, -0.15) is 0 Å². The summed E-state index contributed by atoms with van der Waals surface area (Å²) in [6, 6.07) is 7.78. The van der Waals surface area contributed by atoms with Crippen LogP contribution in [0.3, 0.4) is 0 Å². The van der Waals surface area contributed by atoms with Crippen molar-refractivity contribution < 1.29 is 9.53 Å². The van der Waals surface area contributed by atoms with Crippen molar-refractivity contribution >= 4 is 22.9 Å². The van der Waals surface area contributed by atoms with Crippen LogP contribution in [0, 0.1) is 0 Å². The molecule has 0 saturated carbocycles. The van der Waals surface area contributed by atoms with Gasteiger partial charge in [-0.15, -0.1) is 11.3 Å². The molecule has 0 unspecified atom stereocenters. The van der Waals surface area contributed by atoms with Crippen molar-refractivity contribution in [2.75, 3.05) is 37.7 Å². The van der Waals surface area contributed by atoms with Gasteiger partial charge in [0, 0.05) is 37.1 Å². The maximum Gasteiger partial charge on any atom is 0.253 e. The third kappa shape index (κ3) is 4.13. The molecule has 0 bridgehead atoms. The van der Waals surface area contributed by atoms with Crippen LogP contribution in [0.2, 0.25) is 0 Å². The summed E-state index contributed by atoms with van der Waals surface area (Å²) in [7, 11) is 0. The van der Waals surface area contributed by atoms with Gasteiger partial charge in [0.05, 0.1) is 29.5 Å². The SMILES string of the molecule is CCc1csc(CCNC(=O)c2ccccc2N2CCOCC2)n1. The molecule has 0 aliphatic carbocycles. The van der Waals surface area contributed by atoms with E-state index in [-0.39, 0.29) is 5.91 Å². The highest BCUT2D eigenvalue weighted by Crippen LogP contribution is 2.21. The van der Waals surface area contributed by atoms with Gasteiger partial charge in [-0.1, -0.05) is 19.1 Å². The summed E-state index contributed by atoms with van der Waals surface area (Å²) >= 11 is 1.66. The molecular weight excluding hydrogens is 322 g/mol. The molecule has 6 heteroatoms. The van der Waals surface area contributed by atoms with Gasteiger partial charge in [-0.3, -0.25) is 4.79 Å². The Morgan fingerprint density at radius 1 is 1.33 bits per heavy atom.